The zero-order valence-corrected chi connectivity index (χ0v) is 12.2. The standard InChI is InChI=1S/C17H22N2O/c1-3-4-5-8-13(2)17(20)19-16-12-11-14-9-6-7-10-15(14)18-16/h6-7,9-13H,3-5,8H2,1-2H3,(H,18,19,20). The number of fused-ring (bicyclic) bond motifs is 1. The van der Waals surface area contributed by atoms with Crippen molar-refractivity contribution in [1.29, 1.82) is 0 Å². The molecule has 1 unspecified atom stereocenters. The highest BCUT2D eigenvalue weighted by atomic mass is 16.1. The van der Waals surface area contributed by atoms with Gasteiger partial charge in [0.1, 0.15) is 5.82 Å². The van der Waals surface area contributed by atoms with Gasteiger partial charge in [-0.15, -0.1) is 0 Å². The molecule has 0 aliphatic heterocycles. The maximum atomic E-state index is 12.1. The van der Waals surface area contributed by atoms with Crippen molar-refractivity contribution in [3.05, 3.63) is 36.4 Å². The van der Waals surface area contributed by atoms with Gasteiger partial charge >= 0.3 is 0 Å². The van der Waals surface area contributed by atoms with Crippen molar-refractivity contribution in [3.8, 4) is 0 Å². The van der Waals surface area contributed by atoms with E-state index in [9.17, 15) is 4.79 Å². The zero-order chi connectivity index (χ0) is 14.4. The number of pyridine rings is 1. The van der Waals surface area contributed by atoms with Crippen molar-refractivity contribution < 1.29 is 4.79 Å². The number of nitrogens with one attached hydrogen (secondary N) is 1. The summed E-state index contributed by atoms with van der Waals surface area (Å²) in [4.78, 5) is 16.6. The summed E-state index contributed by atoms with van der Waals surface area (Å²) < 4.78 is 0. The number of anilines is 1. The molecule has 0 spiro atoms. The van der Waals surface area contributed by atoms with Gasteiger partial charge in [-0.2, -0.15) is 0 Å². The Kier molecular flexibility index (Phi) is 5.10. The van der Waals surface area contributed by atoms with Gasteiger partial charge < -0.3 is 5.32 Å². The number of nitrogens with zero attached hydrogens (tertiary/aromatic N) is 1. The van der Waals surface area contributed by atoms with Crippen molar-refractivity contribution in [2.24, 2.45) is 5.92 Å². The van der Waals surface area contributed by atoms with Crippen molar-refractivity contribution >= 4 is 22.6 Å². The van der Waals surface area contributed by atoms with Crippen LogP contribution in [0, 0.1) is 5.92 Å². The Morgan fingerprint density at radius 1 is 1.20 bits per heavy atom. The monoisotopic (exact) mass is 270 g/mol. The smallest absolute Gasteiger partial charge is 0.228 e. The summed E-state index contributed by atoms with van der Waals surface area (Å²) in [5.74, 6) is 0.731. The van der Waals surface area contributed by atoms with Crippen molar-refractivity contribution in [2.45, 2.75) is 39.5 Å². The number of rotatable bonds is 6. The maximum absolute atomic E-state index is 12.1. The minimum atomic E-state index is 0.0369. The fourth-order valence-electron chi connectivity index (χ4n) is 2.22. The molecule has 1 heterocycles. The Hall–Kier alpha value is -1.90. The van der Waals surface area contributed by atoms with Gasteiger partial charge in [0, 0.05) is 11.3 Å². The molecule has 3 heteroatoms. The van der Waals surface area contributed by atoms with Gasteiger partial charge in [0.2, 0.25) is 5.91 Å². The van der Waals surface area contributed by atoms with Gasteiger partial charge in [-0.05, 0) is 24.6 Å². The molecule has 3 nitrogen and oxygen atoms in total. The Morgan fingerprint density at radius 2 is 2.00 bits per heavy atom. The summed E-state index contributed by atoms with van der Waals surface area (Å²) in [6, 6.07) is 11.8. The van der Waals surface area contributed by atoms with Gasteiger partial charge in [0.25, 0.3) is 0 Å². The van der Waals surface area contributed by atoms with Crippen LogP contribution in [-0.2, 0) is 4.79 Å². The molecule has 1 amide bonds. The van der Waals surface area contributed by atoms with Crippen LogP contribution < -0.4 is 5.32 Å². The Morgan fingerprint density at radius 3 is 2.80 bits per heavy atom. The maximum Gasteiger partial charge on any atom is 0.228 e. The summed E-state index contributed by atoms with van der Waals surface area (Å²) in [5, 5.41) is 4.00. The largest absolute Gasteiger partial charge is 0.310 e. The third-order valence-electron chi connectivity index (χ3n) is 3.54. The van der Waals surface area contributed by atoms with Crippen molar-refractivity contribution in [3.63, 3.8) is 0 Å². The molecule has 0 aliphatic rings. The van der Waals surface area contributed by atoms with Crippen LogP contribution in [0.5, 0.6) is 0 Å². The van der Waals surface area contributed by atoms with Crippen LogP contribution >= 0.6 is 0 Å². The van der Waals surface area contributed by atoms with Crippen LogP contribution in [0.15, 0.2) is 36.4 Å². The summed E-state index contributed by atoms with van der Waals surface area (Å²) in [6.07, 6.45) is 4.41. The normalized spacial score (nSPS) is 12.3. The number of hydrogen-bond acceptors (Lipinski definition) is 2. The van der Waals surface area contributed by atoms with E-state index in [0.29, 0.717) is 5.82 Å². The molecule has 0 saturated carbocycles. The number of carbonyl (C=O) groups is 1. The summed E-state index contributed by atoms with van der Waals surface area (Å²) >= 11 is 0. The first-order chi connectivity index (χ1) is 9.70. The van der Waals surface area contributed by atoms with Crippen LogP contribution in [0.1, 0.15) is 39.5 Å². The van der Waals surface area contributed by atoms with Crippen LogP contribution in [-0.4, -0.2) is 10.9 Å². The van der Waals surface area contributed by atoms with Gasteiger partial charge in [-0.1, -0.05) is 51.3 Å². The molecule has 2 aromatic rings. The molecule has 0 fully saturated rings. The second-order valence-electron chi connectivity index (χ2n) is 5.28. The predicted molar refractivity (Wildman–Crippen MR) is 83.7 cm³/mol. The molecule has 0 bridgehead atoms. The van der Waals surface area contributed by atoms with Crippen LogP contribution in [0.4, 0.5) is 5.82 Å². The van der Waals surface area contributed by atoms with Crippen molar-refractivity contribution in [1.82, 2.24) is 4.98 Å². The number of carbonyl (C=O) groups excluding carboxylic acids is 1. The molecular weight excluding hydrogens is 248 g/mol. The van der Waals surface area contributed by atoms with E-state index in [1.165, 1.54) is 12.8 Å². The Balaban J connectivity index is 1.98. The number of aromatic nitrogens is 1. The van der Waals surface area contributed by atoms with E-state index in [1.54, 1.807) is 0 Å². The van der Waals surface area contributed by atoms with Gasteiger partial charge in [0.05, 0.1) is 5.52 Å². The highest BCUT2D eigenvalue weighted by Crippen LogP contribution is 2.16. The van der Waals surface area contributed by atoms with Gasteiger partial charge in [0.15, 0.2) is 0 Å². The van der Waals surface area contributed by atoms with E-state index in [-0.39, 0.29) is 11.8 Å². The summed E-state index contributed by atoms with van der Waals surface area (Å²) in [7, 11) is 0. The summed E-state index contributed by atoms with van der Waals surface area (Å²) in [6.45, 7) is 4.15. The number of hydrogen-bond donors (Lipinski definition) is 1. The first-order valence-electron chi connectivity index (χ1n) is 7.37. The molecule has 0 saturated heterocycles. The van der Waals surface area contributed by atoms with Crippen LogP contribution in [0.2, 0.25) is 0 Å². The summed E-state index contributed by atoms with van der Waals surface area (Å²) in [5.41, 5.74) is 0.906. The van der Waals surface area contributed by atoms with Crippen LogP contribution in [0.3, 0.4) is 0 Å². The zero-order valence-electron chi connectivity index (χ0n) is 12.2. The van der Waals surface area contributed by atoms with Crippen molar-refractivity contribution in [2.75, 3.05) is 5.32 Å². The molecule has 1 aromatic heterocycles. The average molecular weight is 270 g/mol. The lowest BCUT2D eigenvalue weighted by atomic mass is 10.0. The molecule has 0 aliphatic carbocycles. The SMILES string of the molecule is CCCCCC(C)C(=O)Nc1ccc2ccccc2n1. The Labute approximate surface area is 120 Å². The first-order valence-corrected chi connectivity index (χ1v) is 7.37. The highest BCUT2D eigenvalue weighted by molar-refractivity contribution is 5.92. The molecular formula is C17H22N2O. The lowest BCUT2D eigenvalue weighted by molar-refractivity contribution is -0.119. The molecule has 1 atom stereocenters. The topological polar surface area (TPSA) is 42.0 Å². The second-order valence-corrected chi connectivity index (χ2v) is 5.28. The molecule has 0 radical (unpaired) electrons. The van der Waals surface area contributed by atoms with Gasteiger partial charge in [-0.25, -0.2) is 4.98 Å². The highest BCUT2D eigenvalue weighted by Gasteiger charge is 2.13. The number of unbranched alkanes of at least 4 members (excludes halogenated alkanes) is 2. The molecule has 106 valence electrons. The average Bonchev–Trinajstić information content (AvgIpc) is 2.47. The Bertz CT molecular complexity index is 580. The predicted octanol–water partition coefficient (Wildman–Crippen LogP) is 4.39. The van der Waals surface area contributed by atoms with E-state index in [1.807, 2.05) is 43.3 Å². The molecule has 2 rings (SSSR count). The minimum Gasteiger partial charge on any atom is -0.310 e. The molecule has 1 aromatic carbocycles. The fraction of sp³-hybridized carbons (Fsp3) is 0.412. The van der Waals surface area contributed by atoms with E-state index in [0.717, 1.165) is 23.7 Å². The fourth-order valence-corrected chi connectivity index (χ4v) is 2.22. The van der Waals surface area contributed by atoms with Crippen LogP contribution in [0.25, 0.3) is 10.9 Å². The number of benzene rings is 1. The number of para-hydroxylation sites is 1. The van der Waals surface area contributed by atoms with E-state index in [4.69, 9.17) is 0 Å². The van der Waals surface area contributed by atoms with E-state index < -0.39 is 0 Å². The van der Waals surface area contributed by atoms with Gasteiger partial charge in [-0.3, -0.25) is 4.79 Å². The van der Waals surface area contributed by atoms with E-state index >= 15 is 0 Å². The van der Waals surface area contributed by atoms with E-state index in [2.05, 4.69) is 17.2 Å². The third-order valence-corrected chi connectivity index (χ3v) is 3.54. The second kappa shape index (κ2) is 7.04. The lowest BCUT2D eigenvalue weighted by Crippen LogP contribution is -2.20. The molecule has 1 N–H and O–H groups in total. The quantitative estimate of drug-likeness (QED) is 0.791. The lowest BCUT2D eigenvalue weighted by Gasteiger charge is -2.11. The number of amides is 1. The first kappa shape index (κ1) is 14.5. The third kappa shape index (κ3) is 3.80. The molecule has 20 heavy (non-hydrogen) atoms. The minimum absolute atomic E-state index is 0.0369.